The van der Waals surface area contributed by atoms with Crippen LogP contribution in [0.25, 0.3) is 0 Å². The molecule has 0 aromatic carbocycles. The first-order chi connectivity index (χ1) is 7.80. The second-order valence-electron chi connectivity index (χ2n) is 5.19. The molecule has 0 bridgehead atoms. The number of rotatable bonds is 2. The van der Waals surface area contributed by atoms with Gasteiger partial charge in [0, 0.05) is 25.7 Å². The summed E-state index contributed by atoms with van der Waals surface area (Å²) in [4.78, 5) is 16.3. The van der Waals surface area contributed by atoms with Crippen molar-refractivity contribution in [2.75, 3.05) is 26.7 Å². The Hall–Kier alpha value is -1.30. The first-order valence-electron chi connectivity index (χ1n) is 5.78. The van der Waals surface area contributed by atoms with Gasteiger partial charge in [0.15, 0.2) is 5.84 Å². The minimum absolute atomic E-state index is 0.0471. The lowest BCUT2D eigenvalue weighted by molar-refractivity contribution is -0.139. The SMILES string of the molecule is CC1CN(C(=O)C(C)(C)C(N)=NO)CCN1C. The van der Waals surface area contributed by atoms with Gasteiger partial charge in [0.2, 0.25) is 5.91 Å². The Morgan fingerprint density at radius 2 is 2.06 bits per heavy atom. The summed E-state index contributed by atoms with van der Waals surface area (Å²) in [5.41, 5.74) is 4.61. The molecule has 6 nitrogen and oxygen atoms in total. The van der Waals surface area contributed by atoms with Crippen molar-refractivity contribution in [2.45, 2.75) is 26.8 Å². The van der Waals surface area contributed by atoms with E-state index in [9.17, 15) is 4.79 Å². The number of likely N-dealkylation sites (N-methyl/N-ethyl adjacent to an activating group) is 1. The van der Waals surface area contributed by atoms with Gasteiger partial charge in [-0.15, -0.1) is 0 Å². The first kappa shape index (κ1) is 13.8. The van der Waals surface area contributed by atoms with Crippen LogP contribution in [0.1, 0.15) is 20.8 Å². The standard InChI is InChI=1S/C11H22N4O2/c1-8-7-15(6-5-14(8)4)10(16)11(2,3)9(12)13-17/h8,17H,5-7H2,1-4H3,(H2,12,13). The van der Waals surface area contributed by atoms with Crippen LogP contribution in [0.2, 0.25) is 0 Å². The van der Waals surface area contributed by atoms with Crippen LogP contribution >= 0.6 is 0 Å². The number of carbonyl (C=O) groups excluding carboxylic acids is 1. The molecule has 1 rings (SSSR count). The Morgan fingerprint density at radius 3 is 2.53 bits per heavy atom. The molecular weight excluding hydrogens is 220 g/mol. The minimum Gasteiger partial charge on any atom is -0.409 e. The van der Waals surface area contributed by atoms with E-state index in [1.54, 1.807) is 18.7 Å². The third-order valence-electron chi connectivity index (χ3n) is 3.53. The van der Waals surface area contributed by atoms with Crippen molar-refractivity contribution in [2.24, 2.45) is 16.3 Å². The van der Waals surface area contributed by atoms with E-state index in [1.807, 2.05) is 7.05 Å². The van der Waals surface area contributed by atoms with Gasteiger partial charge < -0.3 is 20.7 Å². The highest BCUT2D eigenvalue weighted by Crippen LogP contribution is 2.21. The molecule has 0 aromatic rings. The highest BCUT2D eigenvalue weighted by molar-refractivity contribution is 6.05. The van der Waals surface area contributed by atoms with Crippen LogP contribution in [0, 0.1) is 5.41 Å². The molecule has 0 radical (unpaired) electrons. The molecule has 6 heteroatoms. The zero-order chi connectivity index (χ0) is 13.2. The van der Waals surface area contributed by atoms with E-state index < -0.39 is 5.41 Å². The Balaban J connectivity index is 2.77. The number of carbonyl (C=O) groups is 1. The summed E-state index contributed by atoms with van der Waals surface area (Å²) < 4.78 is 0. The zero-order valence-corrected chi connectivity index (χ0v) is 11.0. The van der Waals surface area contributed by atoms with E-state index in [1.165, 1.54) is 0 Å². The van der Waals surface area contributed by atoms with E-state index >= 15 is 0 Å². The molecule has 0 saturated carbocycles. The Kier molecular flexibility index (Phi) is 3.98. The van der Waals surface area contributed by atoms with Crippen LogP contribution in [0.4, 0.5) is 0 Å². The van der Waals surface area contributed by atoms with E-state index in [-0.39, 0.29) is 11.7 Å². The fourth-order valence-corrected chi connectivity index (χ4v) is 1.86. The minimum atomic E-state index is -0.954. The lowest BCUT2D eigenvalue weighted by Crippen LogP contribution is -2.56. The molecule has 1 saturated heterocycles. The summed E-state index contributed by atoms with van der Waals surface area (Å²) >= 11 is 0. The van der Waals surface area contributed by atoms with Crippen molar-refractivity contribution < 1.29 is 10.0 Å². The average molecular weight is 242 g/mol. The van der Waals surface area contributed by atoms with Gasteiger partial charge in [0.25, 0.3) is 0 Å². The van der Waals surface area contributed by atoms with Gasteiger partial charge in [0.1, 0.15) is 5.41 Å². The molecule has 98 valence electrons. The maximum absolute atomic E-state index is 12.3. The van der Waals surface area contributed by atoms with Crippen molar-refractivity contribution in [3.63, 3.8) is 0 Å². The third kappa shape index (κ3) is 2.69. The predicted octanol–water partition coefficient (Wildman–Crippen LogP) is -0.0785. The number of piperazine rings is 1. The van der Waals surface area contributed by atoms with Crippen LogP contribution in [0.15, 0.2) is 5.16 Å². The molecule has 1 fully saturated rings. The van der Waals surface area contributed by atoms with Crippen molar-refractivity contribution >= 4 is 11.7 Å². The maximum Gasteiger partial charge on any atom is 0.236 e. The third-order valence-corrected chi connectivity index (χ3v) is 3.53. The van der Waals surface area contributed by atoms with E-state index in [0.717, 1.165) is 6.54 Å². The van der Waals surface area contributed by atoms with Gasteiger partial charge >= 0.3 is 0 Å². The second-order valence-corrected chi connectivity index (χ2v) is 5.19. The van der Waals surface area contributed by atoms with Gasteiger partial charge in [-0.3, -0.25) is 4.79 Å². The van der Waals surface area contributed by atoms with Crippen molar-refractivity contribution in [3.8, 4) is 0 Å². The van der Waals surface area contributed by atoms with Gasteiger partial charge in [-0.1, -0.05) is 5.16 Å². The summed E-state index contributed by atoms with van der Waals surface area (Å²) in [6, 6.07) is 0.329. The van der Waals surface area contributed by atoms with Crippen LogP contribution < -0.4 is 5.73 Å². The van der Waals surface area contributed by atoms with Crippen LogP contribution in [0.3, 0.4) is 0 Å². The molecule has 1 heterocycles. The molecule has 0 aliphatic carbocycles. The van der Waals surface area contributed by atoms with Crippen LogP contribution in [0.5, 0.6) is 0 Å². The smallest absolute Gasteiger partial charge is 0.236 e. The Morgan fingerprint density at radius 1 is 1.47 bits per heavy atom. The molecule has 0 aromatic heterocycles. The summed E-state index contributed by atoms with van der Waals surface area (Å²) in [6.45, 7) is 7.63. The fraction of sp³-hybridized carbons (Fsp3) is 0.818. The lowest BCUT2D eigenvalue weighted by atomic mass is 9.89. The largest absolute Gasteiger partial charge is 0.409 e. The summed E-state index contributed by atoms with van der Waals surface area (Å²) in [6.07, 6.45) is 0. The number of hydrogen-bond acceptors (Lipinski definition) is 4. The fourth-order valence-electron chi connectivity index (χ4n) is 1.86. The van der Waals surface area contributed by atoms with E-state index in [0.29, 0.717) is 19.1 Å². The average Bonchev–Trinajstić information content (AvgIpc) is 2.30. The molecule has 1 unspecified atom stereocenters. The highest BCUT2D eigenvalue weighted by Gasteiger charge is 2.38. The molecule has 1 amide bonds. The van der Waals surface area contributed by atoms with E-state index in [2.05, 4.69) is 17.0 Å². The molecule has 17 heavy (non-hydrogen) atoms. The molecule has 1 atom stereocenters. The Bertz CT molecular complexity index is 327. The van der Waals surface area contributed by atoms with Gasteiger partial charge in [0.05, 0.1) is 0 Å². The number of nitrogens with two attached hydrogens (primary N) is 1. The Labute approximate surface area is 102 Å². The van der Waals surface area contributed by atoms with Gasteiger partial charge in [-0.05, 0) is 27.8 Å². The summed E-state index contributed by atoms with van der Waals surface area (Å²) in [5.74, 6) is -0.137. The number of hydrogen-bond donors (Lipinski definition) is 2. The summed E-state index contributed by atoms with van der Waals surface area (Å²) in [7, 11) is 2.04. The molecule has 0 spiro atoms. The number of amides is 1. The number of oxime groups is 1. The zero-order valence-electron chi connectivity index (χ0n) is 11.0. The van der Waals surface area contributed by atoms with Crippen molar-refractivity contribution in [1.29, 1.82) is 0 Å². The van der Waals surface area contributed by atoms with Crippen molar-refractivity contribution in [3.05, 3.63) is 0 Å². The first-order valence-corrected chi connectivity index (χ1v) is 5.78. The predicted molar refractivity (Wildman–Crippen MR) is 65.9 cm³/mol. The van der Waals surface area contributed by atoms with E-state index in [4.69, 9.17) is 10.9 Å². The highest BCUT2D eigenvalue weighted by atomic mass is 16.4. The molecule has 1 aliphatic heterocycles. The van der Waals surface area contributed by atoms with Crippen molar-refractivity contribution in [1.82, 2.24) is 9.80 Å². The second kappa shape index (κ2) is 4.91. The van der Waals surface area contributed by atoms with Crippen LogP contribution in [-0.4, -0.2) is 59.5 Å². The molecule has 1 aliphatic rings. The summed E-state index contributed by atoms with van der Waals surface area (Å²) in [5, 5.41) is 11.6. The molecule has 3 N–H and O–H groups in total. The maximum atomic E-state index is 12.3. The van der Waals surface area contributed by atoms with Gasteiger partial charge in [-0.2, -0.15) is 0 Å². The van der Waals surface area contributed by atoms with Crippen LogP contribution in [-0.2, 0) is 4.79 Å². The normalized spacial score (nSPS) is 23.9. The quantitative estimate of drug-likeness (QED) is 0.307. The number of amidine groups is 1. The topological polar surface area (TPSA) is 82.2 Å². The number of nitrogens with zero attached hydrogens (tertiary/aromatic N) is 3. The van der Waals surface area contributed by atoms with Gasteiger partial charge in [-0.25, -0.2) is 0 Å². The molecular formula is C11H22N4O2. The lowest BCUT2D eigenvalue weighted by Gasteiger charge is -2.40. The monoisotopic (exact) mass is 242 g/mol.